The molecule has 0 bridgehead atoms. The number of piperidine rings is 1. The number of rotatable bonds is 5. The minimum absolute atomic E-state index is 0.122. The Bertz CT molecular complexity index is 1440. The van der Waals surface area contributed by atoms with Crippen LogP contribution in [0.2, 0.25) is 5.02 Å². The summed E-state index contributed by atoms with van der Waals surface area (Å²) in [7, 11) is -3.60. The summed E-state index contributed by atoms with van der Waals surface area (Å²) in [5.74, 6) is -0.386. The lowest BCUT2D eigenvalue weighted by Gasteiger charge is -2.30. The van der Waals surface area contributed by atoms with Gasteiger partial charge in [0, 0.05) is 24.0 Å². The quantitative estimate of drug-likeness (QED) is 0.346. The van der Waals surface area contributed by atoms with Crippen LogP contribution < -0.4 is 5.32 Å². The monoisotopic (exact) mass is 538 g/mol. The molecule has 0 atom stereocenters. The molecular weight excluding hydrogens is 520 g/mol. The highest BCUT2D eigenvalue weighted by atomic mass is 35.5. The molecule has 3 heterocycles. The van der Waals surface area contributed by atoms with Crippen molar-refractivity contribution >= 4 is 87.5 Å². The van der Waals surface area contributed by atoms with Crippen LogP contribution in [0.15, 0.2) is 45.6 Å². The van der Waals surface area contributed by atoms with Crippen LogP contribution in [-0.4, -0.2) is 47.9 Å². The van der Waals surface area contributed by atoms with Gasteiger partial charge in [0.15, 0.2) is 9.47 Å². The van der Waals surface area contributed by atoms with Gasteiger partial charge in [-0.05, 0) is 55.5 Å². The van der Waals surface area contributed by atoms with Gasteiger partial charge in [-0.3, -0.25) is 4.79 Å². The minimum atomic E-state index is -3.60. The van der Waals surface area contributed by atoms with E-state index in [1.54, 1.807) is 35.2 Å². The number of hydrogen-bond acceptors (Lipinski definition) is 8. The first-order valence-electron chi connectivity index (χ1n) is 10.2. The third-order valence-corrected chi connectivity index (χ3v) is 10.9. The molecule has 1 fully saturated rings. The second-order valence-electron chi connectivity index (χ2n) is 7.59. The zero-order chi connectivity index (χ0) is 23.2. The number of amides is 1. The Balaban J connectivity index is 1.27. The molecule has 7 nitrogen and oxygen atoms in total. The van der Waals surface area contributed by atoms with Gasteiger partial charge in [0.1, 0.15) is 0 Å². The van der Waals surface area contributed by atoms with E-state index in [-0.39, 0.29) is 16.7 Å². The van der Waals surface area contributed by atoms with Gasteiger partial charge in [-0.15, -0.1) is 11.3 Å². The maximum absolute atomic E-state index is 12.9. The van der Waals surface area contributed by atoms with Crippen LogP contribution in [0.25, 0.3) is 20.4 Å². The summed E-state index contributed by atoms with van der Waals surface area (Å²) in [6.07, 6.45) is 2.92. The highest BCUT2D eigenvalue weighted by Crippen LogP contribution is 2.38. The molecule has 1 amide bonds. The molecule has 1 aliphatic heterocycles. The van der Waals surface area contributed by atoms with Crippen LogP contribution in [0.1, 0.15) is 12.8 Å². The molecule has 0 spiro atoms. The topological polar surface area (TPSA) is 92.3 Å². The number of thioether (sulfide) groups is 1. The molecule has 172 valence electrons. The predicted molar refractivity (Wildman–Crippen MR) is 136 cm³/mol. The molecule has 2 aromatic carbocycles. The van der Waals surface area contributed by atoms with Crippen LogP contribution in [0.4, 0.5) is 5.13 Å². The molecule has 12 heteroatoms. The molecule has 5 rings (SSSR count). The first kappa shape index (κ1) is 23.0. The molecule has 1 saturated heterocycles. The Morgan fingerprint density at radius 2 is 1.70 bits per heavy atom. The van der Waals surface area contributed by atoms with Gasteiger partial charge in [0.05, 0.1) is 25.3 Å². The van der Waals surface area contributed by atoms with Crippen molar-refractivity contribution < 1.29 is 13.2 Å². The van der Waals surface area contributed by atoms with E-state index in [0.717, 1.165) is 24.8 Å². The lowest BCUT2D eigenvalue weighted by molar-refractivity contribution is -0.120. The summed E-state index contributed by atoms with van der Waals surface area (Å²) in [4.78, 5) is 22.3. The van der Waals surface area contributed by atoms with E-state index in [0.29, 0.717) is 36.1 Å². The van der Waals surface area contributed by atoms with Crippen LogP contribution in [-0.2, 0) is 14.8 Å². The van der Waals surface area contributed by atoms with Gasteiger partial charge in [-0.1, -0.05) is 34.7 Å². The van der Waals surface area contributed by atoms with Gasteiger partial charge >= 0.3 is 0 Å². The number of benzene rings is 2. The van der Waals surface area contributed by atoms with Crippen molar-refractivity contribution in [3.05, 3.63) is 41.4 Å². The number of hydrogen-bond donors (Lipinski definition) is 1. The molecule has 0 unspecified atom stereocenters. The summed E-state index contributed by atoms with van der Waals surface area (Å²) in [5, 5.41) is 3.98. The average molecular weight is 539 g/mol. The lowest BCUT2D eigenvalue weighted by atomic mass is 9.97. The van der Waals surface area contributed by atoms with Crippen LogP contribution in [0.5, 0.6) is 0 Å². The molecule has 0 saturated carbocycles. The number of sulfonamides is 1. The molecule has 2 aromatic heterocycles. The fourth-order valence-corrected chi connectivity index (χ4v) is 8.07. The maximum atomic E-state index is 12.9. The fraction of sp³-hybridized carbons (Fsp3) is 0.286. The van der Waals surface area contributed by atoms with E-state index >= 15 is 0 Å². The van der Waals surface area contributed by atoms with Gasteiger partial charge in [-0.2, -0.15) is 4.31 Å². The molecule has 0 radical (unpaired) electrons. The number of anilines is 1. The van der Waals surface area contributed by atoms with Crippen molar-refractivity contribution in [3.8, 4) is 0 Å². The first-order chi connectivity index (χ1) is 15.8. The second-order valence-corrected chi connectivity index (χ2v) is 13.0. The van der Waals surface area contributed by atoms with Gasteiger partial charge < -0.3 is 5.32 Å². The van der Waals surface area contributed by atoms with Crippen molar-refractivity contribution in [1.29, 1.82) is 0 Å². The van der Waals surface area contributed by atoms with Gasteiger partial charge in [0.25, 0.3) is 0 Å². The third kappa shape index (κ3) is 4.50. The SMILES string of the molecule is CSc1nc2ccc3nc(NC(=O)C4CCN(S(=O)(=O)c5ccc(Cl)cc5)CC4)sc3c2s1. The first-order valence-corrected chi connectivity index (χ1v) is 14.8. The highest BCUT2D eigenvalue weighted by molar-refractivity contribution is 8.00. The summed E-state index contributed by atoms with van der Waals surface area (Å²) >= 11 is 10.6. The highest BCUT2D eigenvalue weighted by Gasteiger charge is 2.32. The van der Waals surface area contributed by atoms with Crippen molar-refractivity contribution in [3.63, 3.8) is 0 Å². The largest absolute Gasteiger partial charge is 0.302 e. The molecule has 33 heavy (non-hydrogen) atoms. The van der Waals surface area contributed by atoms with Gasteiger partial charge in [0.2, 0.25) is 15.9 Å². The van der Waals surface area contributed by atoms with Crippen LogP contribution in [0.3, 0.4) is 0 Å². The Morgan fingerprint density at radius 1 is 1.06 bits per heavy atom. The zero-order valence-electron chi connectivity index (χ0n) is 17.4. The third-order valence-electron chi connectivity index (χ3n) is 5.57. The van der Waals surface area contributed by atoms with E-state index in [9.17, 15) is 13.2 Å². The smallest absolute Gasteiger partial charge is 0.243 e. The summed E-state index contributed by atoms with van der Waals surface area (Å²) in [6.45, 7) is 0.587. The van der Waals surface area contributed by atoms with Crippen molar-refractivity contribution in [2.24, 2.45) is 5.92 Å². The Morgan fingerprint density at radius 3 is 2.36 bits per heavy atom. The Labute approximate surface area is 208 Å². The molecule has 1 N–H and O–H groups in total. The minimum Gasteiger partial charge on any atom is -0.302 e. The number of carbonyl (C=O) groups is 1. The standard InChI is InChI=1S/C21H19ClN4O3S4/c1-30-21-24-16-7-6-15-17(18(16)32-21)31-20(23-15)25-19(27)12-8-10-26(11-9-12)33(28,29)14-4-2-13(22)3-5-14/h2-7,12H,8-11H2,1H3,(H,23,25,27). The lowest BCUT2D eigenvalue weighted by Crippen LogP contribution is -2.41. The van der Waals surface area contributed by atoms with E-state index in [2.05, 4.69) is 15.3 Å². The summed E-state index contributed by atoms with van der Waals surface area (Å²) in [6, 6.07) is 10.0. The number of aromatic nitrogens is 2. The van der Waals surface area contributed by atoms with Crippen molar-refractivity contribution in [1.82, 2.24) is 14.3 Å². The van der Waals surface area contributed by atoms with Crippen LogP contribution >= 0.6 is 46.0 Å². The van der Waals surface area contributed by atoms with Crippen molar-refractivity contribution in [2.75, 3.05) is 24.7 Å². The molecular formula is C21H19ClN4O3S4. The molecule has 0 aliphatic carbocycles. The number of nitrogens with one attached hydrogen (secondary N) is 1. The van der Waals surface area contributed by atoms with E-state index in [1.807, 2.05) is 18.4 Å². The molecule has 4 aromatic rings. The van der Waals surface area contributed by atoms with Gasteiger partial charge in [-0.25, -0.2) is 18.4 Å². The van der Waals surface area contributed by atoms with Crippen molar-refractivity contribution in [2.45, 2.75) is 22.1 Å². The Kier molecular flexibility index (Phi) is 6.36. The number of thiazole rings is 2. The normalized spacial score (nSPS) is 15.9. The fourth-order valence-electron chi connectivity index (χ4n) is 3.81. The van der Waals surface area contributed by atoms with E-state index in [1.165, 1.54) is 27.8 Å². The zero-order valence-corrected chi connectivity index (χ0v) is 21.5. The predicted octanol–water partition coefficient (Wildman–Crippen LogP) is 5.32. The van der Waals surface area contributed by atoms with Crippen LogP contribution in [0, 0.1) is 5.92 Å². The number of carbonyl (C=O) groups excluding carboxylic acids is 1. The average Bonchev–Trinajstić information content (AvgIpc) is 3.42. The Hall–Kier alpha value is -1.76. The summed E-state index contributed by atoms with van der Waals surface area (Å²) < 4.78 is 30.3. The molecule has 1 aliphatic rings. The van der Waals surface area contributed by atoms with E-state index < -0.39 is 10.0 Å². The summed E-state index contributed by atoms with van der Waals surface area (Å²) in [5.41, 5.74) is 1.77. The number of nitrogens with zero attached hydrogens (tertiary/aromatic N) is 3. The van der Waals surface area contributed by atoms with E-state index in [4.69, 9.17) is 11.6 Å². The number of fused-ring (bicyclic) bond motifs is 3. The number of halogens is 1. The second kappa shape index (κ2) is 9.12. The maximum Gasteiger partial charge on any atom is 0.243 e.